The van der Waals surface area contributed by atoms with Crippen molar-refractivity contribution in [3.05, 3.63) is 198 Å². The van der Waals surface area contributed by atoms with E-state index < -0.39 is 5.41 Å². The molecule has 2 heterocycles. The van der Waals surface area contributed by atoms with E-state index in [1.807, 2.05) is 0 Å². The molecule has 228 valence electrons. The molecule has 11 rings (SSSR count). The Morgan fingerprint density at radius 3 is 1.82 bits per heavy atom. The molecule has 0 bridgehead atoms. The van der Waals surface area contributed by atoms with E-state index in [4.69, 9.17) is 4.74 Å². The van der Waals surface area contributed by atoms with Crippen molar-refractivity contribution in [1.29, 1.82) is 0 Å². The van der Waals surface area contributed by atoms with Crippen LogP contribution in [-0.4, -0.2) is 4.57 Å². The molecule has 0 atom stereocenters. The summed E-state index contributed by atoms with van der Waals surface area (Å²) in [5.41, 5.74) is 12.9. The number of nitrogens with zero attached hydrogens (tertiary/aromatic N) is 1. The van der Waals surface area contributed by atoms with Gasteiger partial charge in [0.05, 0.1) is 16.4 Å². The fourth-order valence-corrected chi connectivity index (χ4v) is 8.83. The van der Waals surface area contributed by atoms with Gasteiger partial charge in [-0.05, 0) is 69.1 Å². The second-order valence-electron chi connectivity index (χ2n) is 13.2. The lowest BCUT2D eigenvalue weighted by molar-refractivity contribution is 0.437. The first kappa shape index (κ1) is 26.7. The van der Waals surface area contributed by atoms with Crippen molar-refractivity contribution in [2.45, 2.75) is 5.41 Å². The van der Waals surface area contributed by atoms with Crippen LogP contribution in [0.25, 0.3) is 60.5 Å². The number of hydrogen-bond acceptors (Lipinski definition) is 1. The zero-order valence-electron chi connectivity index (χ0n) is 26.6. The quantitative estimate of drug-likeness (QED) is 0.187. The molecular weight excluding hydrogens is 595 g/mol. The molecule has 9 aromatic rings. The van der Waals surface area contributed by atoms with Crippen LogP contribution in [0.4, 0.5) is 0 Å². The smallest absolute Gasteiger partial charge is 0.133 e. The first-order valence-electron chi connectivity index (χ1n) is 16.9. The van der Waals surface area contributed by atoms with E-state index in [0.717, 1.165) is 17.2 Å². The SMILES string of the molecule is c1ccc(-c2ccc(-n3c4cc5c(cc4c4ccc6ccccc6c43)Oc3ccccc3C53c4ccccc4-c4ccccc43)cc2)cc1. The van der Waals surface area contributed by atoms with Gasteiger partial charge in [0.2, 0.25) is 0 Å². The summed E-state index contributed by atoms with van der Waals surface area (Å²) in [5.74, 6) is 1.82. The maximum atomic E-state index is 6.91. The summed E-state index contributed by atoms with van der Waals surface area (Å²) < 4.78 is 9.38. The number of hydrogen-bond donors (Lipinski definition) is 0. The lowest BCUT2D eigenvalue weighted by Crippen LogP contribution is -2.32. The minimum Gasteiger partial charge on any atom is -0.457 e. The molecule has 1 spiro atoms. The fraction of sp³-hybridized carbons (Fsp3) is 0.0213. The van der Waals surface area contributed by atoms with E-state index in [9.17, 15) is 0 Å². The number of benzene rings is 8. The Labute approximate surface area is 284 Å². The predicted molar refractivity (Wildman–Crippen MR) is 201 cm³/mol. The number of rotatable bonds is 2. The lowest BCUT2D eigenvalue weighted by atomic mass is 9.66. The van der Waals surface area contributed by atoms with E-state index in [1.54, 1.807) is 0 Å². The van der Waals surface area contributed by atoms with Gasteiger partial charge in [-0.25, -0.2) is 0 Å². The molecule has 0 saturated heterocycles. The highest BCUT2D eigenvalue weighted by molar-refractivity contribution is 6.19. The summed E-state index contributed by atoms with van der Waals surface area (Å²) in [6.45, 7) is 0. The summed E-state index contributed by atoms with van der Waals surface area (Å²) in [5, 5.41) is 4.85. The Bertz CT molecular complexity index is 2740. The monoisotopic (exact) mass is 623 g/mol. The van der Waals surface area contributed by atoms with Gasteiger partial charge in [-0.15, -0.1) is 0 Å². The number of aromatic nitrogens is 1. The highest BCUT2D eigenvalue weighted by atomic mass is 16.5. The average molecular weight is 624 g/mol. The van der Waals surface area contributed by atoms with E-state index in [0.29, 0.717) is 0 Å². The van der Waals surface area contributed by atoms with Gasteiger partial charge in [-0.2, -0.15) is 0 Å². The van der Waals surface area contributed by atoms with Gasteiger partial charge < -0.3 is 9.30 Å². The minimum atomic E-state index is -0.522. The van der Waals surface area contributed by atoms with Crippen molar-refractivity contribution >= 4 is 32.6 Å². The van der Waals surface area contributed by atoms with Crippen LogP contribution in [0.3, 0.4) is 0 Å². The molecule has 0 fully saturated rings. The Kier molecular flexibility index (Phi) is 5.34. The van der Waals surface area contributed by atoms with Gasteiger partial charge in [0, 0.05) is 33.0 Å². The predicted octanol–water partition coefficient (Wildman–Crippen LogP) is 12.1. The standard InChI is InChI=1S/C47H29NO/c1-2-12-30(13-3-1)31-22-25-33(26-23-31)48-43-29-42-45(28-38(43)37-27-24-32-14-4-5-15-34(32)46(37)48)49-44-21-11-10-20-41(44)47(42)39-18-8-6-16-35(39)36-17-7-9-19-40(36)47/h1-29H. The van der Waals surface area contributed by atoms with Crippen molar-refractivity contribution in [1.82, 2.24) is 4.57 Å². The van der Waals surface area contributed by atoms with Crippen LogP contribution in [0.5, 0.6) is 11.5 Å². The van der Waals surface area contributed by atoms with Crippen molar-refractivity contribution in [2.24, 2.45) is 0 Å². The third-order valence-corrected chi connectivity index (χ3v) is 10.9. The molecule has 8 aromatic carbocycles. The summed E-state index contributed by atoms with van der Waals surface area (Å²) in [6.07, 6.45) is 0. The highest BCUT2D eigenvalue weighted by Crippen LogP contribution is 2.62. The first-order chi connectivity index (χ1) is 24.3. The summed E-state index contributed by atoms with van der Waals surface area (Å²) in [7, 11) is 0. The molecule has 0 amide bonds. The molecule has 2 nitrogen and oxygen atoms in total. The van der Waals surface area contributed by atoms with Crippen LogP contribution in [0, 0.1) is 0 Å². The lowest BCUT2D eigenvalue weighted by Gasteiger charge is -2.39. The van der Waals surface area contributed by atoms with Crippen molar-refractivity contribution in [3.63, 3.8) is 0 Å². The first-order valence-corrected chi connectivity index (χ1v) is 16.9. The molecule has 2 aliphatic rings. The third kappa shape index (κ3) is 3.50. The summed E-state index contributed by atoms with van der Waals surface area (Å²) >= 11 is 0. The van der Waals surface area contributed by atoms with Crippen LogP contribution in [0.15, 0.2) is 176 Å². The van der Waals surface area contributed by atoms with E-state index in [2.05, 4.69) is 180 Å². The zero-order chi connectivity index (χ0) is 32.1. The Hall–Kier alpha value is -6.38. The second kappa shape index (κ2) is 9.82. The molecular formula is C47H29NO. The largest absolute Gasteiger partial charge is 0.457 e. The highest BCUT2D eigenvalue weighted by Gasteiger charge is 2.51. The normalized spacial score (nSPS) is 13.6. The number of fused-ring (bicyclic) bond motifs is 14. The van der Waals surface area contributed by atoms with Gasteiger partial charge in [-0.1, -0.05) is 146 Å². The van der Waals surface area contributed by atoms with E-state index in [1.165, 1.54) is 77.1 Å². The van der Waals surface area contributed by atoms with Gasteiger partial charge >= 0.3 is 0 Å². The topological polar surface area (TPSA) is 14.2 Å². The van der Waals surface area contributed by atoms with Gasteiger partial charge in [0.15, 0.2) is 0 Å². The third-order valence-electron chi connectivity index (χ3n) is 10.9. The number of para-hydroxylation sites is 1. The maximum Gasteiger partial charge on any atom is 0.133 e. The van der Waals surface area contributed by atoms with Crippen molar-refractivity contribution < 1.29 is 4.74 Å². The molecule has 2 heteroatoms. The molecule has 49 heavy (non-hydrogen) atoms. The van der Waals surface area contributed by atoms with Crippen molar-refractivity contribution in [2.75, 3.05) is 0 Å². The zero-order valence-corrected chi connectivity index (χ0v) is 26.6. The Morgan fingerprint density at radius 2 is 1.04 bits per heavy atom. The molecule has 0 radical (unpaired) electrons. The average Bonchev–Trinajstić information content (AvgIpc) is 3.65. The van der Waals surface area contributed by atoms with E-state index in [-0.39, 0.29) is 0 Å². The molecule has 1 aliphatic heterocycles. The second-order valence-corrected chi connectivity index (χ2v) is 13.2. The molecule has 1 aromatic heterocycles. The van der Waals surface area contributed by atoms with Crippen molar-refractivity contribution in [3.8, 4) is 39.4 Å². The van der Waals surface area contributed by atoms with E-state index >= 15 is 0 Å². The van der Waals surface area contributed by atoms with Crippen LogP contribution in [-0.2, 0) is 5.41 Å². The van der Waals surface area contributed by atoms with Crippen LogP contribution in [0.2, 0.25) is 0 Å². The molecule has 0 N–H and O–H groups in total. The number of ether oxygens (including phenoxy) is 1. The Balaban J connectivity index is 1.28. The summed E-state index contributed by atoms with van der Waals surface area (Å²) in [4.78, 5) is 0. The molecule has 0 unspecified atom stereocenters. The van der Waals surface area contributed by atoms with Crippen LogP contribution < -0.4 is 4.74 Å². The maximum absolute atomic E-state index is 6.91. The van der Waals surface area contributed by atoms with Gasteiger partial charge in [-0.3, -0.25) is 0 Å². The van der Waals surface area contributed by atoms with Crippen LogP contribution >= 0.6 is 0 Å². The summed E-state index contributed by atoms with van der Waals surface area (Å²) in [6, 6.07) is 64.1. The Morgan fingerprint density at radius 1 is 0.408 bits per heavy atom. The molecule has 0 saturated carbocycles. The van der Waals surface area contributed by atoms with Crippen LogP contribution in [0.1, 0.15) is 22.3 Å². The van der Waals surface area contributed by atoms with Gasteiger partial charge in [0.1, 0.15) is 11.5 Å². The fourth-order valence-electron chi connectivity index (χ4n) is 8.83. The molecule has 1 aliphatic carbocycles. The van der Waals surface area contributed by atoms with Gasteiger partial charge in [0.25, 0.3) is 0 Å². The minimum absolute atomic E-state index is 0.522.